The number of hydrogen-bond acceptors (Lipinski definition) is 4. The molecule has 5 heteroatoms. The molecule has 102 valence electrons. The Morgan fingerprint density at radius 1 is 1.39 bits per heavy atom. The fourth-order valence-corrected chi connectivity index (χ4v) is 4.48. The van der Waals surface area contributed by atoms with Crippen LogP contribution in [0.3, 0.4) is 0 Å². The topological polar surface area (TPSA) is 52.6 Å². The van der Waals surface area contributed by atoms with Crippen LogP contribution in [0.5, 0.6) is 0 Å². The van der Waals surface area contributed by atoms with Gasteiger partial charge in [-0.1, -0.05) is 0 Å². The lowest BCUT2D eigenvalue weighted by Gasteiger charge is -2.25. The van der Waals surface area contributed by atoms with E-state index in [1.54, 1.807) is 0 Å². The number of aliphatic hydroxyl groups is 1. The van der Waals surface area contributed by atoms with E-state index >= 15 is 0 Å². The van der Waals surface area contributed by atoms with Gasteiger partial charge in [-0.05, 0) is 18.8 Å². The summed E-state index contributed by atoms with van der Waals surface area (Å²) in [5, 5.41) is 13.3. The third kappa shape index (κ3) is 2.53. The zero-order chi connectivity index (χ0) is 12.5. The molecule has 4 unspecified atom stereocenters. The van der Waals surface area contributed by atoms with Gasteiger partial charge in [0.25, 0.3) is 0 Å². The molecule has 1 amide bonds. The van der Waals surface area contributed by atoms with E-state index in [0.717, 1.165) is 44.0 Å². The average Bonchev–Trinajstić information content (AvgIpc) is 2.93. The highest BCUT2D eigenvalue weighted by Gasteiger charge is 2.43. The van der Waals surface area contributed by atoms with Crippen molar-refractivity contribution in [3.8, 4) is 0 Å². The van der Waals surface area contributed by atoms with Gasteiger partial charge >= 0.3 is 0 Å². The second-order valence-electron chi connectivity index (χ2n) is 5.80. The maximum Gasteiger partial charge on any atom is 0.224 e. The first-order chi connectivity index (χ1) is 8.74. The monoisotopic (exact) mass is 270 g/mol. The summed E-state index contributed by atoms with van der Waals surface area (Å²) >= 11 is 1.93. The molecular formula is C13H22N2O2S. The van der Waals surface area contributed by atoms with Crippen molar-refractivity contribution in [1.29, 1.82) is 0 Å². The summed E-state index contributed by atoms with van der Waals surface area (Å²) in [5.41, 5.74) is 0. The Hall–Kier alpha value is -0.260. The third-order valence-electron chi connectivity index (χ3n) is 4.59. The lowest BCUT2D eigenvalue weighted by atomic mass is 10.00. The standard InChI is InChI=1S/C13H22N2O2S/c16-12-2-1-9-6-15(7-11(9)12)13(17)5-10-8-18-4-3-14-10/h9-12,14,16H,1-8H2. The molecule has 0 aromatic carbocycles. The number of carbonyl (C=O) groups is 1. The van der Waals surface area contributed by atoms with E-state index in [9.17, 15) is 9.90 Å². The highest BCUT2D eigenvalue weighted by Crippen LogP contribution is 2.38. The zero-order valence-electron chi connectivity index (χ0n) is 10.7. The van der Waals surface area contributed by atoms with E-state index in [1.165, 1.54) is 0 Å². The Morgan fingerprint density at radius 2 is 2.28 bits per heavy atom. The summed E-state index contributed by atoms with van der Waals surface area (Å²) in [6.45, 7) is 2.68. The van der Waals surface area contributed by atoms with Crippen molar-refractivity contribution in [3.63, 3.8) is 0 Å². The fourth-order valence-electron chi connectivity index (χ4n) is 3.53. The molecule has 4 nitrogen and oxygen atoms in total. The summed E-state index contributed by atoms with van der Waals surface area (Å²) in [6, 6.07) is 0.349. The van der Waals surface area contributed by atoms with Crippen molar-refractivity contribution in [2.24, 2.45) is 11.8 Å². The van der Waals surface area contributed by atoms with Crippen molar-refractivity contribution in [1.82, 2.24) is 10.2 Å². The van der Waals surface area contributed by atoms with Crippen LogP contribution >= 0.6 is 11.8 Å². The number of hydrogen-bond donors (Lipinski definition) is 2. The van der Waals surface area contributed by atoms with Gasteiger partial charge in [-0.25, -0.2) is 0 Å². The summed E-state index contributed by atoms with van der Waals surface area (Å²) in [6.07, 6.45) is 2.48. The van der Waals surface area contributed by atoms with Crippen LogP contribution in [0.4, 0.5) is 0 Å². The van der Waals surface area contributed by atoms with E-state index in [-0.39, 0.29) is 12.0 Å². The molecule has 3 fully saturated rings. The smallest absolute Gasteiger partial charge is 0.224 e. The third-order valence-corrected chi connectivity index (χ3v) is 5.72. The SMILES string of the molecule is O=C(CC1CSCCN1)N1CC2CCC(O)C2C1. The van der Waals surface area contributed by atoms with Crippen LogP contribution < -0.4 is 5.32 Å². The maximum absolute atomic E-state index is 12.2. The summed E-state index contributed by atoms with van der Waals surface area (Å²) < 4.78 is 0. The van der Waals surface area contributed by atoms with Gasteiger partial charge in [0, 0.05) is 49.5 Å². The van der Waals surface area contributed by atoms with Crippen LogP contribution in [-0.4, -0.2) is 59.2 Å². The summed E-state index contributed by atoms with van der Waals surface area (Å²) in [5.74, 6) is 3.39. The van der Waals surface area contributed by atoms with Crippen LogP contribution in [0.15, 0.2) is 0 Å². The molecule has 0 aromatic rings. The fraction of sp³-hybridized carbons (Fsp3) is 0.923. The van der Waals surface area contributed by atoms with Crippen LogP contribution in [0, 0.1) is 11.8 Å². The first kappa shape index (κ1) is 12.8. The molecule has 2 heterocycles. The maximum atomic E-state index is 12.2. The lowest BCUT2D eigenvalue weighted by Crippen LogP contribution is -2.42. The van der Waals surface area contributed by atoms with Gasteiger partial charge in [0.2, 0.25) is 5.91 Å². The molecule has 2 aliphatic heterocycles. The second kappa shape index (κ2) is 5.39. The Kier molecular flexibility index (Phi) is 3.82. The predicted octanol–water partition coefficient (Wildman–Crippen LogP) is 0.311. The molecule has 18 heavy (non-hydrogen) atoms. The first-order valence-electron chi connectivity index (χ1n) is 7.01. The van der Waals surface area contributed by atoms with Crippen molar-refractivity contribution in [2.75, 3.05) is 31.1 Å². The molecule has 4 atom stereocenters. The van der Waals surface area contributed by atoms with Crippen molar-refractivity contribution in [2.45, 2.75) is 31.4 Å². The molecule has 0 spiro atoms. The van der Waals surface area contributed by atoms with Crippen molar-refractivity contribution in [3.05, 3.63) is 0 Å². The minimum absolute atomic E-state index is 0.170. The van der Waals surface area contributed by atoms with E-state index in [0.29, 0.717) is 24.3 Å². The Morgan fingerprint density at radius 3 is 3.00 bits per heavy atom. The van der Waals surface area contributed by atoms with E-state index < -0.39 is 0 Å². The van der Waals surface area contributed by atoms with Crippen LogP contribution in [-0.2, 0) is 4.79 Å². The second-order valence-corrected chi connectivity index (χ2v) is 6.95. The largest absolute Gasteiger partial charge is 0.393 e. The minimum Gasteiger partial charge on any atom is -0.393 e. The number of nitrogens with one attached hydrogen (secondary N) is 1. The Bertz CT molecular complexity index is 320. The van der Waals surface area contributed by atoms with Gasteiger partial charge in [-0.2, -0.15) is 11.8 Å². The normalized spacial score (nSPS) is 39.9. The average molecular weight is 270 g/mol. The van der Waals surface area contributed by atoms with E-state index in [2.05, 4.69) is 5.32 Å². The van der Waals surface area contributed by atoms with Crippen molar-refractivity contribution < 1.29 is 9.90 Å². The Labute approximate surface area is 112 Å². The molecule has 3 aliphatic rings. The van der Waals surface area contributed by atoms with Gasteiger partial charge in [0.05, 0.1) is 6.10 Å². The first-order valence-corrected chi connectivity index (χ1v) is 8.16. The van der Waals surface area contributed by atoms with Crippen LogP contribution in [0.2, 0.25) is 0 Å². The quantitative estimate of drug-likeness (QED) is 0.758. The number of carbonyl (C=O) groups excluding carboxylic acids is 1. The number of fused-ring (bicyclic) bond motifs is 1. The van der Waals surface area contributed by atoms with Gasteiger partial charge in [0.1, 0.15) is 0 Å². The van der Waals surface area contributed by atoms with Gasteiger partial charge in [-0.15, -0.1) is 0 Å². The molecule has 2 saturated heterocycles. The molecule has 1 aliphatic carbocycles. The van der Waals surface area contributed by atoms with E-state index in [1.807, 2.05) is 16.7 Å². The Balaban J connectivity index is 1.51. The lowest BCUT2D eigenvalue weighted by molar-refractivity contribution is -0.131. The van der Waals surface area contributed by atoms with Gasteiger partial charge in [0.15, 0.2) is 0 Å². The zero-order valence-corrected chi connectivity index (χ0v) is 11.5. The van der Waals surface area contributed by atoms with Crippen molar-refractivity contribution >= 4 is 17.7 Å². The highest BCUT2D eigenvalue weighted by molar-refractivity contribution is 7.99. The molecule has 0 aromatic heterocycles. The number of thioether (sulfide) groups is 1. The number of nitrogens with zero attached hydrogens (tertiary/aromatic N) is 1. The number of aliphatic hydroxyl groups excluding tert-OH is 1. The molecule has 0 bridgehead atoms. The summed E-state index contributed by atoms with van der Waals surface area (Å²) in [7, 11) is 0. The molecule has 0 radical (unpaired) electrons. The number of rotatable bonds is 2. The van der Waals surface area contributed by atoms with Crippen LogP contribution in [0.1, 0.15) is 19.3 Å². The van der Waals surface area contributed by atoms with E-state index in [4.69, 9.17) is 0 Å². The van der Waals surface area contributed by atoms with Gasteiger partial charge in [-0.3, -0.25) is 4.79 Å². The molecule has 2 N–H and O–H groups in total. The molecular weight excluding hydrogens is 248 g/mol. The summed E-state index contributed by atoms with van der Waals surface area (Å²) in [4.78, 5) is 14.2. The number of likely N-dealkylation sites (tertiary alicyclic amines) is 1. The molecule has 3 rings (SSSR count). The molecule has 1 saturated carbocycles. The number of amides is 1. The minimum atomic E-state index is -0.170. The van der Waals surface area contributed by atoms with Crippen LogP contribution in [0.25, 0.3) is 0 Å². The predicted molar refractivity (Wildman–Crippen MR) is 72.5 cm³/mol. The highest BCUT2D eigenvalue weighted by atomic mass is 32.2. The van der Waals surface area contributed by atoms with Gasteiger partial charge < -0.3 is 15.3 Å².